The third-order valence-corrected chi connectivity index (χ3v) is 6.91. The number of para-hydroxylation sites is 2. The van der Waals surface area contributed by atoms with Gasteiger partial charge in [0.25, 0.3) is 0 Å². The zero-order valence-corrected chi connectivity index (χ0v) is 18.4. The highest BCUT2D eigenvalue weighted by molar-refractivity contribution is 6.06. The second kappa shape index (κ2) is 9.13. The Kier molecular flexibility index (Phi) is 5.90. The minimum atomic E-state index is -0.590. The van der Waals surface area contributed by atoms with Crippen LogP contribution < -0.4 is 10.1 Å². The van der Waals surface area contributed by atoms with E-state index in [1.165, 1.54) is 0 Å². The van der Waals surface area contributed by atoms with E-state index < -0.39 is 6.10 Å². The molecule has 1 unspecified atom stereocenters. The summed E-state index contributed by atoms with van der Waals surface area (Å²) in [5.74, 6) is 0.631. The highest BCUT2D eigenvalue weighted by Gasteiger charge is 2.34. The molecule has 1 saturated heterocycles. The molecule has 0 spiro atoms. The van der Waals surface area contributed by atoms with Gasteiger partial charge in [0, 0.05) is 29.3 Å². The minimum Gasteiger partial charge on any atom is -0.471 e. The third-order valence-electron chi connectivity index (χ3n) is 6.91. The van der Waals surface area contributed by atoms with Crippen molar-refractivity contribution in [1.82, 2.24) is 10.2 Å². The Morgan fingerprint density at radius 2 is 2.00 bits per heavy atom. The van der Waals surface area contributed by atoms with Gasteiger partial charge in [0.15, 0.2) is 17.4 Å². The van der Waals surface area contributed by atoms with Crippen LogP contribution in [0.15, 0.2) is 46.9 Å². The number of ether oxygens (including phenoxy) is 1. The summed E-state index contributed by atoms with van der Waals surface area (Å²) in [6, 6.07) is 18.0. The maximum absolute atomic E-state index is 12.5. The summed E-state index contributed by atoms with van der Waals surface area (Å²) in [6.07, 6.45) is 3.55. The van der Waals surface area contributed by atoms with E-state index in [2.05, 4.69) is 17.5 Å². The van der Waals surface area contributed by atoms with E-state index in [9.17, 15) is 15.3 Å². The summed E-state index contributed by atoms with van der Waals surface area (Å²) < 4.78 is 12.2. The van der Waals surface area contributed by atoms with Crippen LogP contribution in [0.3, 0.4) is 0 Å². The first-order valence-corrected chi connectivity index (χ1v) is 11.6. The first kappa shape index (κ1) is 21.3. The fourth-order valence-corrected chi connectivity index (χ4v) is 5.19. The Morgan fingerprint density at radius 1 is 1.15 bits per heavy atom. The van der Waals surface area contributed by atoms with E-state index in [-0.39, 0.29) is 30.5 Å². The molecule has 2 fully saturated rings. The number of amides is 1. The molecular weight excluding hydrogens is 416 g/mol. The number of nitriles is 2. The molecule has 7 nitrogen and oxygen atoms in total. The summed E-state index contributed by atoms with van der Waals surface area (Å²) in [5.41, 5.74) is 1.46. The van der Waals surface area contributed by atoms with E-state index >= 15 is 0 Å². The first-order valence-electron chi connectivity index (χ1n) is 11.6. The molecule has 2 heterocycles. The highest BCUT2D eigenvalue weighted by Crippen LogP contribution is 2.37. The second-order valence-corrected chi connectivity index (χ2v) is 8.92. The maximum atomic E-state index is 12.5. The van der Waals surface area contributed by atoms with Gasteiger partial charge in [-0.2, -0.15) is 10.5 Å². The van der Waals surface area contributed by atoms with Crippen LogP contribution in [0.1, 0.15) is 32.1 Å². The van der Waals surface area contributed by atoms with Gasteiger partial charge >= 0.3 is 0 Å². The molecule has 1 amide bonds. The van der Waals surface area contributed by atoms with Crippen LogP contribution in [0.25, 0.3) is 21.9 Å². The normalized spacial score (nSPS) is 23.5. The Hall–Kier alpha value is -3.55. The van der Waals surface area contributed by atoms with Gasteiger partial charge in [0.05, 0.1) is 12.6 Å². The first-order chi connectivity index (χ1) is 16.2. The molecule has 3 aromatic rings. The molecule has 5 rings (SSSR count). The number of carbonyl (C=O) groups is 1. The smallest absolute Gasteiger partial charge is 0.237 e. The molecule has 1 aromatic heterocycles. The summed E-state index contributed by atoms with van der Waals surface area (Å²) in [5, 5.41) is 24.4. The number of hydrogen-bond acceptors (Lipinski definition) is 6. The van der Waals surface area contributed by atoms with Crippen LogP contribution in [0.4, 0.5) is 0 Å². The molecule has 0 bridgehead atoms. The molecule has 7 heteroatoms. The third kappa shape index (κ3) is 4.13. The predicted octanol–water partition coefficient (Wildman–Crippen LogP) is 4.13. The highest BCUT2D eigenvalue weighted by atomic mass is 16.5. The number of nitrogens with one attached hydrogen (secondary N) is 1. The molecule has 1 saturated carbocycles. The largest absolute Gasteiger partial charge is 0.471 e. The van der Waals surface area contributed by atoms with E-state index in [1.54, 1.807) is 4.90 Å². The van der Waals surface area contributed by atoms with Gasteiger partial charge in [-0.25, -0.2) is 0 Å². The molecular formula is C26H26N4O3. The number of benzene rings is 2. The van der Waals surface area contributed by atoms with Crippen molar-refractivity contribution in [3.63, 3.8) is 0 Å². The van der Waals surface area contributed by atoms with Crippen molar-refractivity contribution < 1.29 is 13.9 Å². The zero-order chi connectivity index (χ0) is 22.8. The van der Waals surface area contributed by atoms with Crippen LogP contribution in [0.2, 0.25) is 0 Å². The standard InChI is InChI=1S/C26H26N4O3/c27-14-19-5-4-12-30(19)25(31)16-29-18-11-10-17(13-18)24(15-28)32-23-9-3-7-21-20-6-1-2-8-22(20)33-26(21)23/h1-3,6-9,17-19,24,29H,4-5,10-13,16H2/t17-,18+,19-,24?/m0/s1. The number of carbonyl (C=O) groups excluding carboxylic acids is 1. The van der Waals surface area contributed by atoms with Crippen LogP contribution >= 0.6 is 0 Å². The predicted molar refractivity (Wildman–Crippen MR) is 123 cm³/mol. The number of furan rings is 1. The Labute approximate surface area is 192 Å². The van der Waals surface area contributed by atoms with Crippen molar-refractivity contribution in [3.8, 4) is 17.9 Å². The van der Waals surface area contributed by atoms with Crippen molar-refractivity contribution in [2.45, 2.75) is 50.3 Å². The monoisotopic (exact) mass is 442 g/mol. The summed E-state index contributed by atoms with van der Waals surface area (Å²) in [7, 11) is 0. The molecule has 0 radical (unpaired) electrons. The van der Waals surface area contributed by atoms with Gasteiger partial charge in [-0.3, -0.25) is 4.79 Å². The molecule has 1 N–H and O–H groups in total. The number of likely N-dealkylation sites (tertiary alicyclic amines) is 1. The lowest BCUT2D eigenvalue weighted by Gasteiger charge is -2.22. The summed E-state index contributed by atoms with van der Waals surface area (Å²) in [4.78, 5) is 14.2. The van der Waals surface area contributed by atoms with E-state index in [4.69, 9.17) is 9.15 Å². The molecule has 168 valence electrons. The average Bonchev–Trinajstić information content (AvgIpc) is 3.59. The lowest BCUT2D eigenvalue weighted by molar-refractivity contribution is -0.130. The number of hydrogen-bond donors (Lipinski definition) is 1. The van der Waals surface area contributed by atoms with Crippen molar-refractivity contribution in [2.75, 3.05) is 13.1 Å². The number of fused-ring (bicyclic) bond motifs is 3. The van der Waals surface area contributed by atoms with Crippen LogP contribution in [-0.4, -0.2) is 42.1 Å². The zero-order valence-electron chi connectivity index (χ0n) is 18.4. The van der Waals surface area contributed by atoms with Gasteiger partial charge in [0.1, 0.15) is 17.7 Å². The second-order valence-electron chi connectivity index (χ2n) is 8.92. The fraction of sp³-hybridized carbons (Fsp3) is 0.423. The quantitative estimate of drug-likeness (QED) is 0.616. The van der Waals surface area contributed by atoms with Gasteiger partial charge in [-0.15, -0.1) is 0 Å². The maximum Gasteiger partial charge on any atom is 0.237 e. The van der Waals surface area contributed by atoms with Crippen LogP contribution in [0, 0.1) is 28.6 Å². The SMILES string of the molecule is N#CC(Oc1cccc2c1oc1ccccc12)[C@H]1CC[C@@H](NCC(=O)N2CCC[C@H]2C#N)C1. The van der Waals surface area contributed by atoms with Gasteiger partial charge < -0.3 is 19.4 Å². The molecule has 2 aromatic carbocycles. The van der Waals surface area contributed by atoms with Crippen molar-refractivity contribution >= 4 is 27.8 Å². The van der Waals surface area contributed by atoms with Crippen LogP contribution in [-0.2, 0) is 4.79 Å². The minimum absolute atomic E-state index is 0.0212. The number of nitrogens with zero attached hydrogens (tertiary/aromatic N) is 3. The fourth-order valence-electron chi connectivity index (χ4n) is 5.19. The van der Waals surface area contributed by atoms with Gasteiger partial charge in [-0.05, 0) is 44.2 Å². The Bertz CT molecular complexity index is 1250. The molecule has 1 aliphatic carbocycles. The lowest BCUT2D eigenvalue weighted by Crippen LogP contribution is -2.43. The van der Waals surface area contributed by atoms with Crippen molar-refractivity contribution in [3.05, 3.63) is 42.5 Å². The van der Waals surface area contributed by atoms with Gasteiger partial charge in [-0.1, -0.05) is 30.3 Å². The Balaban J connectivity index is 1.22. The van der Waals surface area contributed by atoms with Crippen LogP contribution in [0.5, 0.6) is 5.75 Å². The summed E-state index contributed by atoms with van der Waals surface area (Å²) in [6.45, 7) is 0.885. The van der Waals surface area contributed by atoms with E-state index in [0.717, 1.165) is 48.5 Å². The molecule has 33 heavy (non-hydrogen) atoms. The summed E-state index contributed by atoms with van der Waals surface area (Å²) >= 11 is 0. The number of rotatable bonds is 6. The lowest BCUT2D eigenvalue weighted by atomic mass is 10.0. The topological polar surface area (TPSA) is 102 Å². The van der Waals surface area contributed by atoms with E-state index in [0.29, 0.717) is 17.9 Å². The van der Waals surface area contributed by atoms with Gasteiger partial charge in [0.2, 0.25) is 5.91 Å². The Morgan fingerprint density at radius 3 is 2.85 bits per heavy atom. The molecule has 4 atom stereocenters. The molecule has 1 aliphatic heterocycles. The van der Waals surface area contributed by atoms with Crippen molar-refractivity contribution in [1.29, 1.82) is 10.5 Å². The molecule has 2 aliphatic rings. The average molecular weight is 443 g/mol. The van der Waals surface area contributed by atoms with Crippen molar-refractivity contribution in [2.24, 2.45) is 5.92 Å². The van der Waals surface area contributed by atoms with E-state index in [1.807, 2.05) is 42.5 Å².